The van der Waals surface area contributed by atoms with Gasteiger partial charge in [0.15, 0.2) is 5.82 Å². The molecule has 6 rings (SSSR count). The zero-order valence-corrected chi connectivity index (χ0v) is 19.7. The van der Waals surface area contributed by atoms with Crippen molar-refractivity contribution in [1.29, 1.82) is 0 Å². The molecule has 2 fully saturated rings. The van der Waals surface area contributed by atoms with Crippen LogP contribution in [0.4, 0.5) is 17.5 Å². The number of rotatable bonds is 5. The van der Waals surface area contributed by atoms with Gasteiger partial charge in [-0.2, -0.15) is 5.10 Å². The lowest BCUT2D eigenvalue weighted by Gasteiger charge is -2.49. The number of nitrogens with zero attached hydrogens (tertiary/aromatic N) is 4. The third-order valence-electron chi connectivity index (χ3n) is 7.13. The maximum absolute atomic E-state index is 13.3. The van der Waals surface area contributed by atoms with E-state index in [1.54, 1.807) is 6.20 Å². The van der Waals surface area contributed by atoms with Crippen LogP contribution in [0.5, 0.6) is 0 Å². The van der Waals surface area contributed by atoms with E-state index in [0.29, 0.717) is 5.82 Å². The minimum absolute atomic E-state index is 0.159. The zero-order valence-electron chi connectivity index (χ0n) is 19.7. The molecule has 2 saturated heterocycles. The number of carbonyl (C=O) groups excluding carboxylic acids is 1. The van der Waals surface area contributed by atoms with Crippen molar-refractivity contribution in [2.24, 2.45) is 0 Å². The van der Waals surface area contributed by atoms with E-state index in [2.05, 4.69) is 36.8 Å². The number of hydrogen-bond acceptors (Lipinski definition) is 6. The first-order valence-corrected chi connectivity index (χ1v) is 12.3. The fourth-order valence-electron chi connectivity index (χ4n) is 5.62. The molecule has 2 aliphatic rings. The quantitative estimate of drug-likeness (QED) is 0.380. The number of fused-ring (bicyclic) bond motifs is 3. The molecule has 1 aromatic carbocycles. The number of aromatic nitrogens is 4. The Morgan fingerprint density at radius 1 is 1.03 bits per heavy atom. The summed E-state index contributed by atoms with van der Waals surface area (Å²) in [6.45, 7) is 1.96. The normalized spacial score (nSPS) is 21.6. The molecule has 0 spiro atoms. The number of piperidine rings is 2. The molecule has 1 unspecified atom stereocenters. The number of H-pyrrole nitrogens is 1. The van der Waals surface area contributed by atoms with Crippen LogP contribution in [-0.2, 0) is 0 Å². The van der Waals surface area contributed by atoms with Crippen molar-refractivity contribution in [3.63, 3.8) is 0 Å². The van der Waals surface area contributed by atoms with Gasteiger partial charge in [-0.25, -0.2) is 4.98 Å². The third kappa shape index (κ3) is 4.32. The van der Waals surface area contributed by atoms with Crippen LogP contribution in [0.15, 0.2) is 60.8 Å². The van der Waals surface area contributed by atoms with E-state index in [9.17, 15) is 4.79 Å². The van der Waals surface area contributed by atoms with Gasteiger partial charge < -0.3 is 15.5 Å². The Kier molecular flexibility index (Phi) is 5.56. The number of amides is 1. The number of carbonyl (C=O) groups is 1. The van der Waals surface area contributed by atoms with Gasteiger partial charge in [-0.1, -0.05) is 18.2 Å². The molecular weight excluding hydrogens is 438 g/mol. The van der Waals surface area contributed by atoms with E-state index in [1.165, 1.54) is 6.42 Å². The summed E-state index contributed by atoms with van der Waals surface area (Å²) in [5.41, 5.74) is 2.63. The largest absolute Gasteiger partial charge is 0.367 e. The topological polar surface area (TPSA) is 98.8 Å². The van der Waals surface area contributed by atoms with Gasteiger partial charge in [0.1, 0.15) is 11.6 Å². The van der Waals surface area contributed by atoms with Crippen LogP contribution in [0.2, 0.25) is 0 Å². The first-order chi connectivity index (χ1) is 17.1. The molecule has 0 radical (unpaired) electrons. The average Bonchev–Trinajstić information content (AvgIpc) is 3.28. The Labute approximate surface area is 204 Å². The number of aryl methyl sites for hydroxylation is 1. The lowest BCUT2D eigenvalue weighted by molar-refractivity contribution is 0.0259. The number of nitrogens with one attached hydrogen (secondary N) is 3. The highest BCUT2D eigenvalue weighted by Gasteiger charge is 2.41. The van der Waals surface area contributed by atoms with Crippen molar-refractivity contribution in [2.75, 3.05) is 10.6 Å². The van der Waals surface area contributed by atoms with E-state index < -0.39 is 0 Å². The van der Waals surface area contributed by atoms with Crippen molar-refractivity contribution in [3.05, 3.63) is 72.1 Å². The molecule has 4 aromatic rings. The smallest absolute Gasteiger partial charge is 0.254 e. The zero-order chi connectivity index (χ0) is 23.8. The summed E-state index contributed by atoms with van der Waals surface area (Å²) in [6.07, 6.45) is 6.89. The second kappa shape index (κ2) is 9.02. The summed E-state index contributed by atoms with van der Waals surface area (Å²) >= 11 is 0. The summed E-state index contributed by atoms with van der Waals surface area (Å²) in [7, 11) is 0. The summed E-state index contributed by atoms with van der Waals surface area (Å²) < 4.78 is 0. The molecular formula is C27H29N7O. The van der Waals surface area contributed by atoms with Crippen molar-refractivity contribution >= 4 is 34.3 Å². The number of anilines is 3. The predicted octanol–water partition coefficient (Wildman–Crippen LogP) is 5.04. The van der Waals surface area contributed by atoms with Crippen LogP contribution in [0.1, 0.15) is 48.2 Å². The Morgan fingerprint density at radius 3 is 2.57 bits per heavy atom. The van der Waals surface area contributed by atoms with Gasteiger partial charge in [0.25, 0.3) is 5.91 Å². The molecule has 1 amide bonds. The maximum atomic E-state index is 13.3. The third-order valence-corrected chi connectivity index (χ3v) is 7.13. The van der Waals surface area contributed by atoms with Crippen molar-refractivity contribution in [3.8, 4) is 0 Å². The average molecular weight is 468 g/mol. The van der Waals surface area contributed by atoms with Crippen molar-refractivity contribution in [1.82, 2.24) is 25.1 Å². The summed E-state index contributed by atoms with van der Waals surface area (Å²) in [5, 5.41) is 15.2. The van der Waals surface area contributed by atoms with E-state index >= 15 is 0 Å². The monoisotopic (exact) mass is 467 g/mol. The van der Waals surface area contributed by atoms with Crippen molar-refractivity contribution < 1.29 is 4.79 Å². The van der Waals surface area contributed by atoms with E-state index in [4.69, 9.17) is 4.98 Å². The fourth-order valence-corrected chi connectivity index (χ4v) is 5.62. The second-order valence-electron chi connectivity index (χ2n) is 9.62. The number of benzene rings is 1. The lowest BCUT2D eigenvalue weighted by atomic mass is 9.81. The molecule has 2 bridgehead atoms. The predicted molar refractivity (Wildman–Crippen MR) is 137 cm³/mol. The Balaban J connectivity index is 1.25. The molecule has 0 saturated carbocycles. The Morgan fingerprint density at radius 2 is 1.83 bits per heavy atom. The highest BCUT2D eigenvalue weighted by molar-refractivity contribution is 5.95. The van der Waals surface area contributed by atoms with Gasteiger partial charge in [-0.15, -0.1) is 0 Å². The van der Waals surface area contributed by atoms with Gasteiger partial charge in [0.05, 0.1) is 5.52 Å². The summed E-state index contributed by atoms with van der Waals surface area (Å²) in [6, 6.07) is 18.3. The molecule has 3 N–H and O–H groups in total. The fraction of sp³-hybridized carbons (Fsp3) is 0.333. The molecule has 2 aliphatic heterocycles. The van der Waals surface area contributed by atoms with Gasteiger partial charge >= 0.3 is 0 Å². The van der Waals surface area contributed by atoms with E-state index in [0.717, 1.165) is 59.5 Å². The minimum Gasteiger partial charge on any atom is -0.367 e. The summed E-state index contributed by atoms with van der Waals surface area (Å²) in [4.78, 5) is 25.0. The van der Waals surface area contributed by atoms with Gasteiger partial charge in [0, 0.05) is 53.1 Å². The van der Waals surface area contributed by atoms with Crippen LogP contribution in [-0.4, -0.2) is 49.1 Å². The maximum Gasteiger partial charge on any atom is 0.254 e. The first-order valence-electron chi connectivity index (χ1n) is 12.3. The van der Waals surface area contributed by atoms with Crippen LogP contribution in [0.25, 0.3) is 10.9 Å². The highest BCUT2D eigenvalue weighted by Crippen LogP contribution is 2.37. The highest BCUT2D eigenvalue weighted by atomic mass is 16.2. The second-order valence-corrected chi connectivity index (χ2v) is 9.62. The Bertz CT molecular complexity index is 1340. The number of aromatic amines is 1. The molecule has 5 heterocycles. The first kappa shape index (κ1) is 21.6. The standard InChI is InChI=1S/C27H29N7O/c1-17-13-25(33-32-17)30-24-16-23-22(11-6-12-28-23)26(31-24)29-19-14-20-9-5-10-21(15-19)34(20)27(35)18-7-3-2-4-8-18/h2-4,6-8,11-13,16,19-21H,5,9-10,14-15H2,1H3,(H3,29,30,31,32,33)/t19?,20-,21+. The Hall–Kier alpha value is -3.94. The number of hydrogen-bond donors (Lipinski definition) is 3. The SMILES string of the molecule is Cc1cc(Nc2cc3ncccc3c(NC3C[C@H]4CCC[C@@H](C3)N4C(=O)c3ccccc3)n2)n[nH]1. The van der Waals surface area contributed by atoms with Gasteiger partial charge in [-0.05, 0) is 63.3 Å². The lowest BCUT2D eigenvalue weighted by Crippen LogP contribution is -2.57. The van der Waals surface area contributed by atoms with E-state index in [-0.39, 0.29) is 24.0 Å². The molecule has 3 aromatic heterocycles. The molecule has 35 heavy (non-hydrogen) atoms. The number of pyridine rings is 2. The van der Waals surface area contributed by atoms with Crippen LogP contribution in [0, 0.1) is 6.92 Å². The minimum atomic E-state index is 0.159. The van der Waals surface area contributed by atoms with Gasteiger partial charge in [0.2, 0.25) is 0 Å². The van der Waals surface area contributed by atoms with Gasteiger partial charge in [-0.3, -0.25) is 14.9 Å². The van der Waals surface area contributed by atoms with Crippen LogP contribution in [0.3, 0.4) is 0 Å². The summed E-state index contributed by atoms with van der Waals surface area (Å²) in [5.74, 6) is 2.39. The van der Waals surface area contributed by atoms with E-state index in [1.807, 2.05) is 55.5 Å². The van der Waals surface area contributed by atoms with Crippen LogP contribution >= 0.6 is 0 Å². The van der Waals surface area contributed by atoms with Crippen LogP contribution < -0.4 is 10.6 Å². The molecule has 3 atom stereocenters. The van der Waals surface area contributed by atoms with Crippen molar-refractivity contribution in [2.45, 2.75) is 57.2 Å². The molecule has 178 valence electrons. The molecule has 0 aliphatic carbocycles. The molecule has 8 heteroatoms. The molecule has 8 nitrogen and oxygen atoms in total.